The zero-order valence-electron chi connectivity index (χ0n) is 13.6. The van der Waals surface area contributed by atoms with Gasteiger partial charge < -0.3 is 20.5 Å². The van der Waals surface area contributed by atoms with Gasteiger partial charge in [0.15, 0.2) is 0 Å². The number of nitrogens with one attached hydrogen (secondary N) is 1. The van der Waals surface area contributed by atoms with Gasteiger partial charge in [-0.15, -0.1) is 0 Å². The Bertz CT molecular complexity index is 686. The second kappa shape index (κ2) is 7.54. The van der Waals surface area contributed by atoms with Gasteiger partial charge in [-0.1, -0.05) is 12.1 Å². The molecule has 0 bridgehead atoms. The molecule has 0 spiro atoms. The molecule has 5 nitrogen and oxygen atoms in total. The lowest BCUT2D eigenvalue weighted by atomic mass is 10.1. The zero-order chi connectivity index (χ0) is 16.8. The Morgan fingerprint density at radius 1 is 1.22 bits per heavy atom. The molecular weight excluding hydrogens is 292 g/mol. The number of nitrogen functional groups attached to an aromatic ring is 1. The van der Waals surface area contributed by atoms with Crippen LogP contribution in [0.25, 0.3) is 0 Å². The first-order chi connectivity index (χ1) is 11.0. The molecule has 5 heteroatoms. The van der Waals surface area contributed by atoms with E-state index in [2.05, 4.69) is 5.32 Å². The number of carbonyl (C=O) groups excluding carboxylic acids is 1. The van der Waals surface area contributed by atoms with Crippen LogP contribution in [0.4, 0.5) is 5.69 Å². The minimum Gasteiger partial charge on any atom is -0.497 e. The number of methoxy groups -OCH3 is 1. The molecule has 1 unspecified atom stereocenters. The van der Waals surface area contributed by atoms with Crippen LogP contribution in [0.5, 0.6) is 11.5 Å². The van der Waals surface area contributed by atoms with Gasteiger partial charge >= 0.3 is 0 Å². The number of benzene rings is 2. The number of rotatable bonds is 6. The third-order valence-corrected chi connectivity index (χ3v) is 3.43. The smallest absolute Gasteiger partial charge is 0.251 e. The lowest BCUT2D eigenvalue weighted by molar-refractivity contribution is 0.0931. The third-order valence-electron chi connectivity index (χ3n) is 3.43. The summed E-state index contributed by atoms with van der Waals surface area (Å²) in [6, 6.07) is 12.7. The molecule has 1 amide bonds. The summed E-state index contributed by atoms with van der Waals surface area (Å²) < 4.78 is 10.9. The second-order valence-corrected chi connectivity index (χ2v) is 5.39. The predicted octanol–water partition coefficient (Wildman–Crippen LogP) is 2.78. The van der Waals surface area contributed by atoms with Crippen LogP contribution in [0.15, 0.2) is 42.5 Å². The van der Waals surface area contributed by atoms with Crippen LogP contribution in [0.1, 0.15) is 22.8 Å². The third kappa shape index (κ3) is 4.64. The molecule has 122 valence electrons. The van der Waals surface area contributed by atoms with Gasteiger partial charge in [0, 0.05) is 17.3 Å². The molecule has 3 N–H and O–H groups in total. The van der Waals surface area contributed by atoms with Crippen LogP contribution < -0.4 is 20.5 Å². The molecule has 0 fully saturated rings. The molecule has 0 radical (unpaired) electrons. The number of nitrogens with two attached hydrogens (primary N) is 1. The average Bonchev–Trinajstić information content (AvgIpc) is 2.55. The molecular formula is C18H22N2O3. The van der Waals surface area contributed by atoms with Crippen LogP contribution in [0.3, 0.4) is 0 Å². The van der Waals surface area contributed by atoms with Crippen LogP contribution in [-0.2, 0) is 0 Å². The largest absolute Gasteiger partial charge is 0.497 e. The highest BCUT2D eigenvalue weighted by Crippen LogP contribution is 2.20. The molecule has 0 saturated heterocycles. The number of anilines is 1. The van der Waals surface area contributed by atoms with E-state index in [9.17, 15) is 4.79 Å². The van der Waals surface area contributed by atoms with Crippen LogP contribution in [0, 0.1) is 6.92 Å². The van der Waals surface area contributed by atoms with E-state index in [0.29, 0.717) is 23.5 Å². The topological polar surface area (TPSA) is 73.6 Å². The highest BCUT2D eigenvalue weighted by molar-refractivity contribution is 5.96. The van der Waals surface area contributed by atoms with Crippen molar-refractivity contribution in [2.75, 3.05) is 19.4 Å². The van der Waals surface area contributed by atoms with Gasteiger partial charge in [0.05, 0.1) is 13.7 Å². The summed E-state index contributed by atoms with van der Waals surface area (Å²) in [6.07, 6.45) is -0.174. The van der Waals surface area contributed by atoms with Gasteiger partial charge in [-0.3, -0.25) is 4.79 Å². The lowest BCUT2D eigenvalue weighted by Gasteiger charge is -2.16. The van der Waals surface area contributed by atoms with Crippen molar-refractivity contribution in [3.8, 4) is 11.5 Å². The second-order valence-electron chi connectivity index (χ2n) is 5.39. The number of aryl methyl sites for hydroxylation is 1. The summed E-state index contributed by atoms with van der Waals surface area (Å²) in [5.41, 5.74) is 7.77. The summed E-state index contributed by atoms with van der Waals surface area (Å²) in [5.74, 6) is 1.27. The summed E-state index contributed by atoms with van der Waals surface area (Å²) >= 11 is 0. The van der Waals surface area contributed by atoms with Gasteiger partial charge in [0.2, 0.25) is 0 Å². The Hall–Kier alpha value is -2.69. The van der Waals surface area contributed by atoms with E-state index < -0.39 is 0 Å². The number of amides is 1. The molecule has 1 atom stereocenters. The van der Waals surface area contributed by atoms with Crippen molar-refractivity contribution in [1.82, 2.24) is 5.32 Å². The maximum atomic E-state index is 12.2. The summed E-state index contributed by atoms with van der Waals surface area (Å²) in [5, 5.41) is 2.86. The quantitative estimate of drug-likeness (QED) is 0.804. The molecule has 0 heterocycles. The SMILES string of the molecule is COc1cccc(OC(C)CNC(=O)c2cc(N)ccc2C)c1. The summed E-state index contributed by atoms with van der Waals surface area (Å²) in [6.45, 7) is 4.17. The standard InChI is InChI=1S/C18H22N2O3/c1-12-7-8-14(19)9-17(12)18(21)20-11-13(2)23-16-6-4-5-15(10-16)22-3/h4-10,13H,11,19H2,1-3H3,(H,20,21). The van der Waals surface area contributed by atoms with Crippen molar-refractivity contribution in [3.05, 3.63) is 53.6 Å². The molecule has 2 aromatic rings. The zero-order valence-corrected chi connectivity index (χ0v) is 13.6. The molecule has 0 aromatic heterocycles. The van der Waals surface area contributed by atoms with Gasteiger partial charge in [-0.25, -0.2) is 0 Å². The van der Waals surface area contributed by atoms with Crippen molar-refractivity contribution in [1.29, 1.82) is 0 Å². The van der Waals surface area contributed by atoms with E-state index in [0.717, 1.165) is 11.3 Å². The summed E-state index contributed by atoms with van der Waals surface area (Å²) in [4.78, 5) is 12.2. The fourth-order valence-corrected chi connectivity index (χ4v) is 2.16. The molecule has 0 aliphatic heterocycles. The predicted molar refractivity (Wildman–Crippen MR) is 91.0 cm³/mol. The van der Waals surface area contributed by atoms with E-state index in [1.807, 2.05) is 38.1 Å². The molecule has 0 aliphatic rings. The van der Waals surface area contributed by atoms with E-state index >= 15 is 0 Å². The molecule has 0 aliphatic carbocycles. The van der Waals surface area contributed by atoms with Crippen molar-refractivity contribution in [2.24, 2.45) is 0 Å². The maximum absolute atomic E-state index is 12.2. The minimum atomic E-state index is -0.174. The number of hydrogen-bond donors (Lipinski definition) is 2. The van der Waals surface area contributed by atoms with Crippen LogP contribution in [-0.4, -0.2) is 25.7 Å². The van der Waals surface area contributed by atoms with Gasteiger partial charge in [-0.2, -0.15) is 0 Å². The maximum Gasteiger partial charge on any atom is 0.251 e. The van der Waals surface area contributed by atoms with E-state index in [1.54, 1.807) is 25.3 Å². The first kappa shape index (κ1) is 16.7. The summed E-state index contributed by atoms with van der Waals surface area (Å²) in [7, 11) is 1.61. The number of ether oxygens (including phenoxy) is 2. The average molecular weight is 314 g/mol. The van der Waals surface area contributed by atoms with E-state index in [4.69, 9.17) is 15.2 Å². The highest BCUT2D eigenvalue weighted by Gasteiger charge is 2.12. The van der Waals surface area contributed by atoms with Gasteiger partial charge in [0.25, 0.3) is 5.91 Å². The Morgan fingerprint density at radius 3 is 2.70 bits per heavy atom. The monoisotopic (exact) mass is 314 g/mol. The fraction of sp³-hybridized carbons (Fsp3) is 0.278. The van der Waals surface area contributed by atoms with Crippen LogP contribution >= 0.6 is 0 Å². The van der Waals surface area contributed by atoms with Crippen molar-refractivity contribution < 1.29 is 14.3 Å². The van der Waals surface area contributed by atoms with Gasteiger partial charge in [0.1, 0.15) is 17.6 Å². The number of hydrogen-bond acceptors (Lipinski definition) is 4. The van der Waals surface area contributed by atoms with Crippen molar-refractivity contribution in [2.45, 2.75) is 20.0 Å². The van der Waals surface area contributed by atoms with Crippen LogP contribution in [0.2, 0.25) is 0 Å². The molecule has 23 heavy (non-hydrogen) atoms. The van der Waals surface area contributed by atoms with Gasteiger partial charge in [-0.05, 0) is 43.7 Å². The van der Waals surface area contributed by atoms with E-state index in [1.165, 1.54) is 0 Å². The molecule has 2 aromatic carbocycles. The lowest BCUT2D eigenvalue weighted by Crippen LogP contribution is -2.33. The van der Waals surface area contributed by atoms with Crippen molar-refractivity contribution >= 4 is 11.6 Å². The minimum absolute atomic E-state index is 0.157. The molecule has 0 saturated carbocycles. The fourth-order valence-electron chi connectivity index (χ4n) is 2.16. The Balaban J connectivity index is 1.92. The Labute approximate surface area is 136 Å². The first-order valence-corrected chi connectivity index (χ1v) is 7.44. The Morgan fingerprint density at radius 2 is 1.96 bits per heavy atom. The normalized spacial score (nSPS) is 11.6. The Kier molecular flexibility index (Phi) is 5.46. The van der Waals surface area contributed by atoms with E-state index in [-0.39, 0.29) is 12.0 Å². The van der Waals surface area contributed by atoms with Crippen molar-refractivity contribution in [3.63, 3.8) is 0 Å². The first-order valence-electron chi connectivity index (χ1n) is 7.44. The highest BCUT2D eigenvalue weighted by atomic mass is 16.5. The molecule has 2 rings (SSSR count). The number of carbonyl (C=O) groups is 1.